The Balaban J connectivity index is 2.06. The summed E-state index contributed by atoms with van der Waals surface area (Å²) in [6.45, 7) is 6.81. The van der Waals surface area contributed by atoms with Crippen molar-refractivity contribution in [2.45, 2.75) is 32.7 Å². The monoisotopic (exact) mass is 309 g/mol. The van der Waals surface area contributed by atoms with Crippen LogP contribution in [0.3, 0.4) is 0 Å². The highest BCUT2D eigenvalue weighted by Crippen LogP contribution is 2.31. The number of nitrogens with two attached hydrogens (primary N) is 1. The van der Waals surface area contributed by atoms with Crippen LogP contribution in [0.1, 0.15) is 38.3 Å². The van der Waals surface area contributed by atoms with Gasteiger partial charge in [0.25, 0.3) is 0 Å². The number of benzene rings is 1. The van der Waals surface area contributed by atoms with E-state index in [0.29, 0.717) is 6.04 Å². The lowest BCUT2D eigenvalue weighted by atomic mass is 9.95. The molecular formula is C16H24ClN3O. The Hall–Kier alpha value is -1.26. The summed E-state index contributed by atoms with van der Waals surface area (Å²) in [6.07, 6.45) is 1.61. The van der Waals surface area contributed by atoms with E-state index in [-0.39, 0.29) is 11.8 Å². The van der Waals surface area contributed by atoms with Crippen molar-refractivity contribution in [3.8, 4) is 0 Å². The SMILES string of the molecule is CCNC(C)c1ccc(N2CCC(C(N)=O)CC2)c(Cl)c1. The van der Waals surface area contributed by atoms with Crippen LogP contribution in [0, 0.1) is 5.92 Å². The van der Waals surface area contributed by atoms with Crippen LogP contribution in [0.4, 0.5) is 5.69 Å². The molecule has 0 radical (unpaired) electrons. The highest BCUT2D eigenvalue weighted by molar-refractivity contribution is 6.33. The zero-order chi connectivity index (χ0) is 15.4. The fourth-order valence-corrected chi connectivity index (χ4v) is 3.19. The van der Waals surface area contributed by atoms with Gasteiger partial charge in [-0.15, -0.1) is 0 Å². The average molecular weight is 310 g/mol. The number of hydrogen-bond acceptors (Lipinski definition) is 3. The molecular weight excluding hydrogens is 286 g/mol. The first kappa shape index (κ1) is 16.1. The van der Waals surface area contributed by atoms with Gasteiger partial charge in [-0.3, -0.25) is 4.79 Å². The molecule has 116 valence electrons. The number of amides is 1. The molecule has 0 aromatic heterocycles. The first-order chi connectivity index (χ1) is 10.0. The van der Waals surface area contributed by atoms with E-state index in [1.165, 1.54) is 5.56 Å². The molecule has 3 N–H and O–H groups in total. The van der Waals surface area contributed by atoms with Crippen LogP contribution in [0.15, 0.2) is 18.2 Å². The fraction of sp³-hybridized carbons (Fsp3) is 0.562. The number of piperidine rings is 1. The second-order valence-corrected chi connectivity index (χ2v) is 6.06. The van der Waals surface area contributed by atoms with E-state index >= 15 is 0 Å². The Morgan fingerprint density at radius 3 is 2.67 bits per heavy atom. The van der Waals surface area contributed by atoms with Crippen molar-refractivity contribution in [2.24, 2.45) is 11.7 Å². The van der Waals surface area contributed by atoms with Crippen molar-refractivity contribution in [3.63, 3.8) is 0 Å². The van der Waals surface area contributed by atoms with Crippen LogP contribution in [0.2, 0.25) is 5.02 Å². The molecule has 0 saturated carbocycles. The molecule has 1 aliphatic heterocycles. The summed E-state index contributed by atoms with van der Waals surface area (Å²) in [7, 11) is 0. The topological polar surface area (TPSA) is 58.4 Å². The molecule has 1 saturated heterocycles. The third-order valence-corrected chi connectivity index (χ3v) is 4.52. The maximum Gasteiger partial charge on any atom is 0.220 e. The fourth-order valence-electron chi connectivity index (χ4n) is 2.88. The predicted octanol–water partition coefficient (Wildman–Crippen LogP) is 2.71. The summed E-state index contributed by atoms with van der Waals surface area (Å²) in [6, 6.07) is 6.53. The second kappa shape index (κ2) is 7.14. The van der Waals surface area contributed by atoms with Gasteiger partial charge in [-0.1, -0.05) is 24.6 Å². The van der Waals surface area contributed by atoms with E-state index in [2.05, 4.69) is 36.2 Å². The van der Waals surface area contributed by atoms with Gasteiger partial charge in [-0.25, -0.2) is 0 Å². The van der Waals surface area contributed by atoms with Crippen LogP contribution < -0.4 is 16.0 Å². The molecule has 5 heteroatoms. The minimum absolute atomic E-state index is 0.00748. The molecule has 1 aromatic carbocycles. The molecule has 1 heterocycles. The number of carbonyl (C=O) groups excluding carboxylic acids is 1. The molecule has 1 aromatic rings. The molecule has 1 amide bonds. The number of anilines is 1. The molecule has 0 aliphatic carbocycles. The molecule has 1 aliphatic rings. The van der Waals surface area contributed by atoms with Gasteiger partial charge in [-0.2, -0.15) is 0 Å². The summed E-state index contributed by atoms with van der Waals surface area (Å²) < 4.78 is 0. The van der Waals surface area contributed by atoms with E-state index in [9.17, 15) is 4.79 Å². The molecule has 1 unspecified atom stereocenters. The quantitative estimate of drug-likeness (QED) is 0.879. The lowest BCUT2D eigenvalue weighted by molar-refractivity contribution is -0.122. The minimum Gasteiger partial charge on any atom is -0.370 e. The second-order valence-electron chi connectivity index (χ2n) is 5.65. The average Bonchev–Trinajstić information content (AvgIpc) is 2.47. The van der Waals surface area contributed by atoms with Gasteiger partial charge in [0.1, 0.15) is 0 Å². The third kappa shape index (κ3) is 3.89. The molecule has 1 atom stereocenters. The minimum atomic E-state index is -0.185. The van der Waals surface area contributed by atoms with Crippen molar-refractivity contribution in [2.75, 3.05) is 24.5 Å². The first-order valence-corrected chi connectivity index (χ1v) is 7.97. The standard InChI is InChI=1S/C16H24ClN3O/c1-3-19-11(2)13-4-5-15(14(17)10-13)20-8-6-12(7-9-20)16(18)21/h4-5,10-12,19H,3,6-9H2,1-2H3,(H2,18,21). The smallest absolute Gasteiger partial charge is 0.220 e. The van der Waals surface area contributed by atoms with E-state index in [4.69, 9.17) is 17.3 Å². The number of halogens is 1. The summed E-state index contributed by atoms with van der Waals surface area (Å²) in [5.41, 5.74) is 7.61. The van der Waals surface area contributed by atoms with Crippen LogP contribution in [0.25, 0.3) is 0 Å². The van der Waals surface area contributed by atoms with Gasteiger partial charge in [0.15, 0.2) is 0 Å². The van der Waals surface area contributed by atoms with Crippen LogP contribution >= 0.6 is 11.6 Å². The largest absolute Gasteiger partial charge is 0.370 e. The van der Waals surface area contributed by atoms with Gasteiger partial charge >= 0.3 is 0 Å². The van der Waals surface area contributed by atoms with Gasteiger partial charge in [-0.05, 0) is 44.0 Å². The highest BCUT2D eigenvalue weighted by Gasteiger charge is 2.24. The van der Waals surface area contributed by atoms with E-state index in [0.717, 1.165) is 43.2 Å². The Bertz CT molecular complexity index is 498. The van der Waals surface area contributed by atoms with Crippen LogP contribution in [-0.4, -0.2) is 25.5 Å². The highest BCUT2D eigenvalue weighted by atomic mass is 35.5. The Kier molecular flexibility index (Phi) is 5.48. The third-order valence-electron chi connectivity index (χ3n) is 4.22. The number of rotatable bonds is 5. The molecule has 0 bridgehead atoms. The van der Waals surface area contributed by atoms with Gasteiger partial charge in [0, 0.05) is 25.0 Å². The van der Waals surface area contributed by atoms with Gasteiger partial charge in [0.05, 0.1) is 10.7 Å². The predicted molar refractivity (Wildman–Crippen MR) is 87.7 cm³/mol. The Morgan fingerprint density at radius 1 is 1.48 bits per heavy atom. The summed E-state index contributed by atoms with van der Waals surface area (Å²) in [5, 5.41) is 4.16. The van der Waals surface area contributed by atoms with Gasteiger partial charge < -0.3 is 16.0 Å². The molecule has 2 rings (SSSR count). The van der Waals surface area contributed by atoms with E-state index in [1.807, 2.05) is 6.07 Å². The molecule has 21 heavy (non-hydrogen) atoms. The van der Waals surface area contributed by atoms with Crippen molar-refractivity contribution in [1.82, 2.24) is 5.32 Å². The maximum atomic E-state index is 11.2. The lowest BCUT2D eigenvalue weighted by Crippen LogP contribution is -2.38. The summed E-state index contributed by atoms with van der Waals surface area (Å²) in [4.78, 5) is 13.5. The van der Waals surface area contributed by atoms with E-state index in [1.54, 1.807) is 0 Å². The molecule has 4 nitrogen and oxygen atoms in total. The summed E-state index contributed by atoms with van der Waals surface area (Å²) in [5.74, 6) is -0.177. The number of hydrogen-bond donors (Lipinski definition) is 2. The van der Waals surface area contributed by atoms with Crippen LogP contribution in [0.5, 0.6) is 0 Å². The van der Waals surface area contributed by atoms with Crippen molar-refractivity contribution in [3.05, 3.63) is 28.8 Å². The molecule has 0 spiro atoms. The van der Waals surface area contributed by atoms with Crippen molar-refractivity contribution < 1.29 is 4.79 Å². The Morgan fingerprint density at radius 2 is 2.14 bits per heavy atom. The summed E-state index contributed by atoms with van der Waals surface area (Å²) >= 11 is 6.44. The normalized spacial score (nSPS) is 17.8. The van der Waals surface area contributed by atoms with Crippen LogP contribution in [-0.2, 0) is 4.79 Å². The number of nitrogens with one attached hydrogen (secondary N) is 1. The zero-order valence-electron chi connectivity index (χ0n) is 12.7. The first-order valence-electron chi connectivity index (χ1n) is 7.60. The Labute approximate surface area is 131 Å². The maximum absolute atomic E-state index is 11.2. The van der Waals surface area contributed by atoms with Crippen molar-refractivity contribution in [1.29, 1.82) is 0 Å². The zero-order valence-corrected chi connectivity index (χ0v) is 13.5. The lowest BCUT2D eigenvalue weighted by Gasteiger charge is -2.33. The number of primary amides is 1. The number of carbonyl (C=O) groups is 1. The van der Waals surface area contributed by atoms with E-state index < -0.39 is 0 Å². The van der Waals surface area contributed by atoms with Gasteiger partial charge in [0.2, 0.25) is 5.91 Å². The van der Waals surface area contributed by atoms with Crippen molar-refractivity contribution >= 4 is 23.2 Å². The number of nitrogens with zero attached hydrogens (tertiary/aromatic N) is 1. The molecule has 1 fully saturated rings.